The zero-order chi connectivity index (χ0) is 14.2. The SMILES string of the molecule is CCN(CC)C(=O)CN(CCCO)CC(F)(F)F. The smallest absolute Gasteiger partial charge is 0.396 e. The Hall–Kier alpha value is -0.820. The highest BCUT2D eigenvalue weighted by molar-refractivity contribution is 5.78. The van der Waals surface area contributed by atoms with Gasteiger partial charge in [0.05, 0.1) is 13.1 Å². The fraction of sp³-hybridized carbons (Fsp3) is 0.909. The monoisotopic (exact) mass is 270 g/mol. The Morgan fingerprint density at radius 3 is 2.17 bits per heavy atom. The van der Waals surface area contributed by atoms with Crippen molar-refractivity contribution in [2.24, 2.45) is 0 Å². The summed E-state index contributed by atoms with van der Waals surface area (Å²) in [6, 6.07) is 0. The van der Waals surface area contributed by atoms with Gasteiger partial charge in [-0.25, -0.2) is 0 Å². The number of halogens is 3. The third-order valence-electron chi connectivity index (χ3n) is 2.51. The van der Waals surface area contributed by atoms with E-state index < -0.39 is 12.7 Å². The van der Waals surface area contributed by atoms with Crippen LogP contribution in [0.2, 0.25) is 0 Å². The number of alkyl halides is 3. The van der Waals surface area contributed by atoms with Crippen LogP contribution < -0.4 is 0 Å². The van der Waals surface area contributed by atoms with Gasteiger partial charge in [-0.05, 0) is 20.3 Å². The lowest BCUT2D eigenvalue weighted by atomic mass is 10.3. The van der Waals surface area contributed by atoms with E-state index in [1.807, 2.05) is 0 Å². The molecule has 18 heavy (non-hydrogen) atoms. The van der Waals surface area contributed by atoms with Gasteiger partial charge in [-0.3, -0.25) is 9.69 Å². The Morgan fingerprint density at radius 2 is 1.78 bits per heavy atom. The molecule has 0 aromatic heterocycles. The quantitative estimate of drug-likeness (QED) is 0.718. The minimum atomic E-state index is -4.33. The van der Waals surface area contributed by atoms with Gasteiger partial charge in [0.2, 0.25) is 5.91 Å². The third kappa shape index (κ3) is 7.50. The van der Waals surface area contributed by atoms with Crippen LogP contribution in [0.15, 0.2) is 0 Å². The fourth-order valence-corrected chi connectivity index (χ4v) is 1.63. The predicted octanol–water partition coefficient (Wildman–Crippen LogP) is 1.10. The molecule has 0 fully saturated rings. The van der Waals surface area contributed by atoms with E-state index in [1.165, 1.54) is 4.90 Å². The van der Waals surface area contributed by atoms with Crippen molar-refractivity contribution >= 4 is 5.91 Å². The van der Waals surface area contributed by atoms with Crippen LogP contribution in [0.1, 0.15) is 20.3 Å². The summed E-state index contributed by atoms with van der Waals surface area (Å²) >= 11 is 0. The summed E-state index contributed by atoms with van der Waals surface area (Å²) in [6.45, 7) is 3.01. The summed E-state index contributed by atoms with van der Waals surface area (Å²) in [6.07, 6.45) is -4.11. The second kappa shape index (κ2) is 8.31. The molecule has 0 heterocycles. The first kappa shape index (κ1) is 17.2. The van der Waals surface area contributed by atoms with E-state index in [0.717, 1.165) is 4.90 Å². The van der Waals surface area contributed by atoms with Gasteiger partial charge in [-0.1, -0.05) is 0 Å². The number of nitrogens with zero attached hydrogens (tertiary/aromatic N) is 2. The number of hydrogen-bond acceptors (Lipinski definition) is 3. The van der Waals surface area contributed by atoms with Gasteiger partial charge < -0.3 is 10.0 Å². The van der Waals surface area contributed by atoms with Crippen LogP contribution in [0, 0.1) is 0 Å². The highest BCUT2D eigenvalue weighted by Crippen LogP contribution is 2.16. The molecule has 0 radical (unpaired) electrons. The first-order chi connectivity index (χ1) is 8.34. The van der Waals surface area contributed by atoms with E-state index in [4.69, 9.17) is 5.11 Å². The van der Waals surface area contributed by atoms with E-state index in [2.05, 4.69) is 0 Å². The molecular formula is C11H21F3N2O2. The molecule has 0 aromatic carbocycles. The molecule has 0 atom stereocenters. The largest absolute Gasteiger partial charge is 0.401 e. The van der Waals surface area contributed by atoms with E-state index >= 15 is 0 Å². The second-order valence-electron chi connectivity index (χ2n) is 3.97. The zero-order valence-corrected chi connectivity index (χ0v) is 10.8. The Bertz CT molecular complexity index is 243. The molecule has 1 N–H and O–H groups in total. The number of hydrogen-bond donors (Lipinski definition) is 1. The minimum absolute atomic E-state index is 0.0586. The van der Waals surface area contributed by atoms with Crippen molar-refractivity contribution in [2.75, 3.05) is 39.3 Å². The average Bonchev–Trinajstić information content (AvgIpc) is 2.25. The van der Waals surface area contributed by atoms with Crippen molar-refractivity contribution in [3.63, 3.8) is 0 Å². The number of likely N-dealkylation sites (N-methyl/N-ethyl adjacent to an activating group) is 1. The Labute approximate surface area is 105 Å². The van der Waals surface area contributed by atoms with Crippen molar-refractivity contribution in [3.05, 3.63) is 0 Å². The molecule has 0 bridgehead atoms. The Balaban J connectivity index is 4.43. The molecule has 0 saturated carbocycles. The molecule has 0 aliphatic carbocycles. The summed E-state index contributed by atoms with van der Waals surface area (Å²) in [5.41, 5.74) is 0. The maximum atomic E-state index is 12.3. The van der Waals surface area contributed by atoms with Crippen LogP contribution >= 0.6 is 0 Å². The summed E-state index contributed by atoms with van der Waals surface area (Å²) < 4.78 is 37.0. The van der Waals surface area contributed by atoms with Gasteiger partial charge in [-0.15, -0.1) is 0 Å². The molecule has 0 rings (SSSR count). The average molecular weight is 270 g/mol. The number of aliphatic hydroxyl groups is 1. The normalized spacial score (nSPS) is 11.9. The van der Waals surface area contributed by atoms with Crippen molar-refractivity contribution in [3.8, 4) is 0 Å². The minimum Gasteiger partial charge on any atom is -0.396 e. The lowest BCUT2D eigenvalue weighted by Crippen LogP contribution is -2.44. The fourth-order valence-electron chi connectivity index (χ4n) is 1.63. The molecule has 0 aliphatic heterocycles. The van der Waals surface area contributed by atoms with Crippen LogP contribution in [-0.4, -0.2) is 66.3 Å². The van der Waals surface area contributed by atoms with E-state index in [-0.39, 0.29) is 32.0 Å². The maximum absolute atomic E-state index is 12.3. The van der Waals surface area contributed by atoms with Crippen LogP contribution in [0.5, 0.6) is 0 Å². The molecule has 0 aliphatic rings. The summed E-state index contributed by atoms with van der Waals surface area (Å²) in [5, 5.41) is 8.65. The molecule has 7 heteroatoms. The number of amides is 1. The molecule has 1 amide bonds. The number of carbonyl (C=O) groups excluding carboxylic acids is 1. The van der Waals surface area contributed by atoms with Gasteiger partial charge in [0, 0.05) is 26.2 Å². The lowest BCUT2D eigenvalue weighted by Gasteiger charge is -2.26. The summed E-state index contributed by atoms with van der Waals surface area (Å²) in [4.78, 5) is 14.2. The van der Waals surface area contributed by atoms with Gasteiger partial charge in [0.15, 0.2) is 0 Å². The predicted molar refractivity (Wildman–Crippen MR) is 62.1 cm³/mol. The number of carbonyl (C=O) groups is 1. The zero-order valence-electron chi connectivity index (χ0n) is 10.8. The third-order valence-corrected chi connectivity index (χ3v) is 2.51. The number of rotatable bonds is 8. The van der Waals surface area contributed by atoms with Crippen molar-refractivity contribution in [2.45, 2.75) is 26.4 Å². The highest BCUT2D eigenvalue weighted by atomic mass is 19.4. The first-order valence-electron chi connectivity index (χ1n) is 6.01. The summed E-state index contributed by atoms with van der Waals surface area (Å²) in [7, 11) is 0. The Kier molecular flexibility index (Phi) is 7.93. The van der Waals surface area contributed by atoms with Crippen LogP contribution in [0.25, 0.3) is 0 Å². The first-order valence-corrected chi connectivity index (χ1v) is 6.01. The van der Waals surface area contributed by atoms with Gasteiger partial charge in [-0.2, -0.15) is 13.2 Å². The molecular weight excluding hydrogens is 249 g/mol. The molecule has 108 valence electrons. The van der Waals surface area contributed by atoms with Crippen molar-refractivity contribution < 1.29 is 23.1 Å². The van der Waals surface area contributed by atoms with E-state index in [1.54, 1.807) is 13.8 Å². The topological polar surface area (TPSA) is 43.8 Å². The van der Waals surface area contributed by atoms with E-state index in [0.29, 0.717) is 13.1 Å². The van der Waals surface area contributed by atoms with Crippen LogP contribution in [-0.2, 0) is 4.79 Å². The Morgan fingerprint density at radius 1 is 1.22 bits per heavy atom. The standard InChI is InChI=1S/C11H21F3N2O2/c1-3-16(4-2)10(18)8-15(6-5-7-17)9-11(12,13)14/h17H,3-9H2,1-2H3. The maximum Gasteiger partial charge on any atom is 0.401 e. The lowest BCUT2D eigenvalue weighted by molar-refractivity contribution is -0.151. The number of aliphatic hydroxyl groups excluding tert-OH is 1. The van der Waals surface area contributed by atoms with E-state index in [9.17, 15) is 18.0 Å². The highest BCUT2D eigenvalue weighted by Gasteiger charge is 2.31. The van der Waals surface area contributed by atoms with Gasteiger partial charge in [0.25, 0.3) is 0 Å². The molecule has 0 unspecified atom stereocenters. The molecule has 0 spiro atoms. The molecule has 0 saturated heterocycles. The van der Waals surface area contributed by atoms with Crippen molar-refractivity contribution in [1.82, 2.24) is 9.80 Å². The second-order valence-corrected chi connectivity index (χ2v) is 3.97. The molecule has 0 aromatic rings. The molecule has 4 nitrogen and oxygen atoms in total. The van der Waals surface area contributed by atoms with Crippen LogP contribution in [0.3, 0.4) is 0 Å². The van der Waals surface area contributed by atoms with Crippen LogP contribution in [0.4, 0.5) is 13.2 Å². The summed E-state index contributed by atoms with van der Waals surface area (Å²) in [5.74, 6) is -0.317. The van der Waals surface area contributed by atoms with Gasteiger partial charge in [0.1, 0.15) is 0 Å². The van der Waals surface area contributed by atoms with Crippen molar-refractivity contribution in [1.29, 1.82) is 0 Å². The van der Waals surface area contributed by atoms with Gasteiger partial charge >= 0.3 is 6.18 Å².